The summed E-state index contributed by atoms with van der Waals surface area (Å²) >= 11 is 3.49. The third-order valence-electron chi connectivity index (χ3n) is 4.48. The van der Waals surface area contributed by atoms with Crippen LogP contribution in [0.1, 0.15) is 29.3 Å². The second-order valence-corrected chi connectivity index (χ2v) is 7.71. The molecule has 2 aromatic rings. The Labute approximate surface area is 176 Å². The first-order chi connectivity index (χ1) is 13.5. The van der Waals surface area contributed by atoms with Crippen molar-refractivity contribution in [2.45, 2.75) is 25.8 Å². The molecule has 1 amide bonds. The molecule has 1 unspecified atom stereocenters. The largest absolute Gasteiger partial charge is 0.493 e. The lowest BCUT2D eigenvalue weighted by Gasteiger charge is -2.25. The molecule has 0 aromatic heterocycles. The van der Waals surface area contributed by atoms with Crippen LogP contribution in [0.5, 0.6) is 11.5 Å². The van der Waals surface area contributed by atoms with Gasteiger partial charge < -0.3 is 19.7 Å². The molecule has 28 heavy (non-hydrogen) atoms. The number of carbonyl (C=O) groups excluding carboxylic acids is 1. The third kappa shape index (κ3) is 6.24. The van der Waals surface area contributed by atoms with Crippen LogP contribution in [0, 0.1) is 0 Å². The molecule has 0 bridgehead atoms. The number of amides is 1. The molecule has 2 aromatic carbocycles. The van der Waals surface area contributed by atoms with Crippen LogP contribution in [0.25, 0.3) is 0 Å². The molecule has 0 radical (unpaired) electrons. The SMILES string of the molecule is CCCOc1c(Br)cc(C(=O)NCC(Cc2ccccc2)N(C)C)cc1OC. The van der Waals surface area contributed by atoms with Crippen molar-refractivity contribution in [3.63, 3.8) is 0 Å². The summed E-state index contributed by atoms with van der Waals surface area (Å²) in [6.07, 6.45) is 1.76. The summed E-state index contributed by atoms with van der Waals surface area (Å²) in [6, 6.07) is 14.0. The number of methoxy groups -OCH3 is 1. The van der Waals surface area contributed by atoms with E-state index in [4.69, 9.17) is 9.47 Å². The number of halogens is 1. The first-order valence-corrected chi connectivity index (χ1v) is 10.2. The van der Waals surface area contributed by atoms with E-state index in [9.17, 15) is 4.79 Å². The van der Waals surface area contributed by atoms with Crippen LogP contribution in [-0.2, 0) is 6.42 Å². The fourth-order valence-electron chi connectivity index (χ4n) is 2.83. The molecule has 0 saturated heterocycles. The number of carbonyl (C=O) groups is 1. The highest BCUT2D eigenvalue weighted by atomic mass is 79.9. The van der Waals surface area contributed by atoms with Gasteiger partial charge in [-0.2, -0.15) is 0 Å². The van der Waals surface area contributed by atoms with E-state index in [0.29, 0.717) is 34.7 Å². The van der Waals surface area contributed by atoms with Crippen molar-refractivity contribution in [1.29, 1.82) is 0 Å². The summed E-state index contributed by atoms with van der Waals surface area (Å²) in [6.45, 7) is 3.18. The summed E-state index contributed by atoms with van der Waals surface area (Å²) in [4.78, 5) is 14.9. The lowest BCUT2D eigenvalue weighted by molar-refractivity contribution is 0.0941. The Balaban J connectivity index is 2.07. The molecular formula is C22H29BrN2O3. The first kappa shape index (κ1) is 22.2. The summed E-state index contributed by atoms with van der Waals surface area (Å²) < 4.78 is 11.8. The van der Waals surface area contributed by atoms with Gasteiger partial charge in [-0.05, 0) is 60.6 Å². The monoisotopic (exact) mass is 448 g/mol. The van der Waals surface area contributed by atoms with Crippen LogP contribution >= 0.6 is 15.9 Å². The van der Waals surface area contributed by atoms with Gasteiger partial charge in [-0.15, -0.1) is 0 Å². The van der Waals surface area contributed by atoms with Gasteiger partial charge in [0.1, 0.15) is 0 Å². The Kier molecular flexibility index (Phi) is 8.80. The molecule has 152 valence electrons. The number of nitrogens with one attached hydrogen (secondary N) is 1. The minimum absolute atomic E-state index is 0.138. The molecular weight excluding hydrogens is 420 g/mol. The van der Waals surface area contributed by atoms with Crippen LogP contribution < -0.4 is 14.8 Å². The second kappa shape index (κ2) is 11.1. The zero-order valence-electron chi connectivity index (χ0n) is 17.0. The fourth-order valence-corrected chi connectivity index (χ4v) is 3.39. The summed E-state index contributed by atoms with van der Waals surface area (Å²) in [5, 5.41) is 3.04. The maximum Gasteiger partial charge on any atom is 0.251 e. The highest BCUT2D eigenvalue weighted by Gasteiger charge is 2.18. The molecule has 0 fully saturated rings. The van der Waals surface area contributed by atoms with Gasteiger partial charge in [0, 0.05) is 18.2 Å². The zero-order valence-corrected chi connectivity index (χ0v) is 18.6. The summed E-state index contributed by atoms with van der Waals surface area (Å²) in [5.41, 5.74) is 1.78. The molecule has 0 heterocycles. The van der Waals surface area contributed by atoms with E-state index in [1.54, 1.807) is 19.2 Å². The molecule has 0 spiro atoms. The van der Waals surface area contributed by atoms with E-state index in [1.165, 1.54) is 5.56 Å². The summed E-state index contributed by atoms with van der Waals surface area (Å²) in [5.74, 6) is 1.03. The van der Waals surface area contributed by atoms with E-state index in [-0.39, 0.29) is 11.9 Å². The van der Waals surface area contributed by atoms with Crippen LogP contribution in [0.3, 0.4) is 0 Å². The van der Waals surface area contributed by atoms with Crippen molar-refractivity contribution in [2.75, 3.05) is 34.4 Å². The maximum atomic E-state index is 12.7. The second-order valence-electron chi connectivity index (χ2n) is 6.86. The van der Waals surface area contributed by atoms with Gasteiger partial charge in [-0.25, -0.2) is 0 Å². The fraction of sp³-hybridized carbons (Fsp3) is 0.409. The van der Waals surface area contributed by atoms with Gasteiger partial charge in [0.25, 0.3) is 5.91 Å². The summed E-state index contributed by atoms with van der Waals surface area (Å²) in [7, 11) is 5.63. The number of ether oxygens (including phenoxy) is 2. The molecule has 2 rings (SSSR count). The molecule has 6 heteroatoms. The molecule has 0 aliphatic rings. The van der Waals surface area contributed by atoms with Crippen LogP contribution in [0.2, 0.25) is 0 Å². The van der Waals surface area contributed by atoms with Gasteiger partial charge in [-0.3, -0.25) is 4.79 Å². The molecule has 1 atom stereocenters. The molecule has 0 aliphatic carbocycles. The highest BCUT2D eigenvalue weighted by molar-refractivity contribution is 9.10. The van der Waals surface area contributed by atoms with E-state index >= 15 is 0 Å². The first-order valence-electron chi connectivity index (χ1n) is 9.45. The minimum Gasteiger partial charge on any atom is -0.493 e. The van der Waals surface area contributed by atoms with Crippen LogP contribution in [-0.4, -0.2) is 51.2 Å². The zero-order chi connectivity index (χ0) is 20.5. The van der Waals surface area contributed by atoms with Crippen molar-refractivity contribution in [3.05, 3.63) is 58.1 Å². The van der Waals surface area contributed by atoms with Gasteiger partial charge in [0.05, 0.1) is 18.2 Å². The van der Waals surface area contributed by atoms with Crippen LogP contribution in [0.4, 0.5) is 0 Å². The highest BCUT2D eigenvalue weighted by Crippen LogP contribution is 2.36. The topological polar surface area (TPSA) is 50.8 Å². The predicted octanol–water partition coefficient (Wildman–Crippen LogP) is 4.15. The number of rotatable bonds is 10. The Hall–Kier alpha value is -2.05. The number of hydrogen-bond acceptors (Lipinski definition) is 4. The lowest BCUT2D eigenvalue weighted by atomic mass is 10.0. The van der Waals surface area contributed by atoms with E-state index in [2.05, 4.69) is 38.3 Å². The Morgan fingerprint density at radius 3 is 2.54 bits per heavy atom. The third-order valence-corrected chi connectivity index (χ3v) is 5.07. The van der Waals surface area contributed by atoms with Gasteiger partial charge in [0.15, 0.2) is 11.5 Å². The number of hydrogen-bond donors (Lipinski definition) is 1. The number of nitrogens with zero attached hydrogens (tertiary/aromatic N) is 1. The Bertz CT molecular complexity index is 766. The van der Waals surface area contributed by atoms with E-state index < -0.39 is 0 Å². The van der Waals surface area contributed by atoms with Gasteiger partial charge in [-0.1, -0.05) is 37.3 Å². The smallest absolute Gasteiger partial charge is 0.251 e. The lowest BCUT2D eigenvalue weighted by Crippen LogP contribution is -2.41. The average molecular weight is 449 g/mol. The molecule has 1 N–H and O–H groups in total. The molecule has 0 saturated carbocycles. The standard InChI is InChI=1S/C22H29BrN2O3/c1-5-11-28-21-19(23)13-17(14-20(21)27-4)22(26)24-15-18(25(2)3)12-16-9-7-6-8-10-16/h6-10,13-14,18H,5,11-12,15H2,1-4H3,(H,24,26). The molecule has 0 aliphatic heterocycles. The van der Waals surface area contributed by atoms with Gasteiger partial charge >= 0.3 is 0 Å². The number of benzene rings is 2. The van der Waals surface area contributed by atoms with Crippen molar-refractivity contribution in [2.24, 2.45) is 0 Å². The predicted molar refractivity (Wildman–Crippen MR) is 116 cm³/mol. The number of likely N-dealkylation sites (N-methyl/N-ethyl adjacent to an activating group) is 1. The minimum atomic E-state index is -0.138. The van der Waals surface area contributed by atoms with E-state index in [0.717, 1.165) is 12.8 Å². The van der Waals surface area contributed by atoms with Crippen molar-refractivity contribution >= 4 is 21.8 Å². The quantitative estimate of drug-likeness (QED) is 0.592. The van der Waals surface area contributed by atoms with Crippen molar-refractivity contribution in [1.82, 2.24) is 10.2 Å². The maximum absolute atomic E-state index is 12.7. The Morgan fingerprint density at radius 2 is 1.93 bits per heavy atom. The normalized spacial score (nSPS) is 11.9. The molecule has 5 nitrogen and oxygen atoms in total. The Morgan fingerprint density at radius 1 is 1.21 bits per heavy atom. The van der Waals surface area contributed by atoms with Gasteiger partial charge in [0.2, 0.25) is 0 Å². The van der Waals surface area contributed by atoms with Crippen molar-refractivity contribution < 1.29 is 14.3 Å². The van der Waals surface area contributed by atoms with Crippen LogP contribution in [0.15, 0.2) is 46.9 Å². The van der Waals surface area contributed by atoms with E-state index in [1.807, 2.05) is 39.2 Å². The van der Waals surface area contributed by atoms with Crippen molar-refractivity contribution in [3.8, 4) is 11.5 Å². The average Bonchev–Trinajstić information content (AvgIpc) is 2.69.